The van der Waals surface area contributed by atoms with E-state index in [0.29, 0.717) is 13.2 Å². The average molecular weight is 162 g/mol. The summed E-state index contributed by atoms with van der Waals surface area (Å²) in [6, 6.07) is 0. The Balaban J connectivity index is 2.35. The van der Waals surface area contributed by atoms with E-state index in [4.69, 9.17) is 14.6 Å². The van der Waals surface area contributed by atoms with Crippen molar-refractivity contribution < 1.29 is 19.7 Å². The Morgan fingerprint density at radius 1 is 1.64 bits per heavy atom. The van der Waals surface area contributed by atoms with Crippen LogP contribution in [0.2, 0.25) is 0 Å². The zero-order valence-electron chi connectivity index (χ0n) is 6.56. The van der Waals surface area contributed by atoms with Crippen molar-refractivity contribution in [2.45, 2.75) is 25.2 Å². The lowest BCUT2D eigenvalue weighted by molar-refractivity contribution is -0.0246. The highest BCUT2D eigenvalue weighted by Crippen LogP contribution is 2.16. The number of ether oxygens (including phenoxy) is 2. The Labute approximate surface area is 65.7 Å². The summed E-state index contributed by atoms with van der Waals surface area (Å²) in [4.78, 5) is 0. The minimum Gasteiger partial charge on any atom is -0.394 e. The van der Waals surface area contributed by atoms with Gasteiger partial charge in [-0.1, -0.05) is 0 Å². The van der Waals surface area contributed by atoms with E-state index in [1.54, 1.807) is 0 Å². The molecule has 4 nitrogen and oxygen atoms in total. The van der Waals surface area contributed by atoms with E-state index in [0.717, 1.165) is 0 Å². The van der Waals surface area contributed by atoms with Gasteiger partial charge in [0.05, 0.1) is 13.2 Å². The maximum atomic E-state index is 9.37. The molecule has 1 heterocycles. The van der Waals surface area contributed by atoms with Crippen LogP contribution in [-0.4, -0.2) is 48.3 Å². The molecule has 66 valence electrons. The van der Waals surface area contributed by atoms with E-state index < -0.39 is 12.2 Å². The molecule has 3 atom stereocenters. The predicted molar refractivity (Wildman–Crippen MR) is 38.2 cm³/mol. The molecule has 1 aliphatic rings. The van der Waals surface area contributed by atoms with Gasteiger partial charge in [-0.25, -0.2) is 0 Å². The molecule has 1 saturated heterocycles. The summed E-state index contributed by atoms with van der Waals surface area (Å²) in [6.07, 6.45) is -1.41. The first-order chi connectivity index (χ1) is 5.29. The Morgan fingerprint density at radius 2 is 2.36 bits per heavy atom. The number of hydrogen-bond donors (Lipinski definition) is 2. The minimum atomic E-state index is -0.681. The molecule has 1 aliphatic heterocycles. The molecule has 0 aliphatic carbocycles. The number of aliphatic hydroxyl groups is 2. The average Bonchev–Trinajstić information content (AvgIpc) is 2.34. The molecule has 0 radical (unpaired) electrons. The highest BCUT2D eigenvalue weighted by atomic mass is 16.6. The lowest BCUT2D eigenvalue weighted by atomic mass is 10.1. The smallest absolute Gasteiger partial charge is 0.111 e. The topological polar surface area (TPSA) is 58.9 Å². The van der Waals surface area contributed by atoms with Crippen LogP contribution in [0.5, 0.6) is 0 Å². The zero-order chi connectivity index (χ0) is 8.27. The third-order valence-corrected chi connectivity index (χ3v) is 1.80. The molecule has 0 saturated carbocycles. The van der Waals surface area contributed by atoms with Crippen LogP contribution in [0.1, 0.15) is 6.92 Å². The summed E-state index contributed by atoms with van der Waals surface area (Å²) < 4.78 is 10.2. The highest BCUT2D eigenvalue weighted by molar-refractivity contribution is 4.83. The molecule has 2 N–H and O–H groups in total. The second-order valence-corrected chi connectivity index (χ2v) is 2.54. The molecule has 4 heteroatoms. The van der Waals surface area contributed by atoms with Crippen molar-refractivity contribution in [3.05, 3.63) is 0 Å². The maximum Gasteiger partial charge on any atom is 0.111 e. The normalized spacial score (nSPS) is 37.9. The SMILES string of the molecule is CCOC1CO[C@H](CO)C1O. The molecule has 0 aromatic carbocycles. The van der Waals surface area contributed by atoms with Gasteiger partial charge in [0.2, 0.25) is 0 Å². The van der Waals surface area contributed by atoms with Gasteiger partial charge in [-0.05, 0) is 6.92 Å². The predicted octanol–water partition coefficient (Wildman–Crippen LogP) is -0.857. The highest BCUT2D eigenvalue weighted by Gasteiger charge is 2.35. The van der Waals surface area contributed by atoms with Gasteiger partial charge in [-0.15, -0.1) is 0 Å². The standard InChI is InChI=1S/C7H14O4/c1-2-10-6-4-11-5(3-8)7(6)9/h5-9H,2-4H2,1H3/t5-,6?,7?/m1/s1. The third-order valence-electron chi connectivity index (χ3n) is 1.80. The van der Waals surface area contributed by atoms with Crippen LogP contribution in [0, 0.1) is 0 Å². The lowest BCUT2D eigenvalue weighted by Crippen LogP contribution is -2.33. The first-order valence-corrected chi connectivity index (χ1v) is 3.81. The van der Waals surface area contributed by atoms with Crippen molar-refractivity contribution >= 4 is 0 Å². The molecule has 0 aromatic heterocycles. The van der Waals surface area contributed by atoms with Gasteiger partial charge in [-0.3, -0.25) is 0 Å². The van der Waals surface area contributed by atoms with Gasteiger partial charge >= 0.3 is 0 Å². The third kappa shape index (κ3) is 1.90. The van der Waals surface area contributed by atoms with Crippen molar-refractivity contribution in [3.8, 4) is 0 Å². The van der Waals surface area contributed by atoms with Gasteiger partial charge in [0, 0.05) is 6.61 Å². The molecule has 11 heavy (non-hydrogen) atoms. The molecular weight excluding hydrogens is 148 g/mol. The fraction of sp³-hybridized carbons (Fsp3) is 1.00. The maximum absolute atomic E-state index is 9.37. The van der Waals surface area contributed by atoms with Crippen LogP contribution in [0.4, 0.5) is 0 Å². The summed E-state index contributed by atoms with van der Waals surface area (Å²) in [5.74, 6) is 0. The van der Waals surface area contributed by atoms with Gasteiger partial charge < -0.3 is 19.7 Å². The fourth-order valence-corrected chi connectivity index (χ4v) is 1.18. The summed E-state index contributed by atoms with van der Waals surface area (Å²) in [5.41, 5.74) is 0. The zero-order valence-corrected chi connectivity index (χ0v) is 6.56. The summed E-state index contributed by atoms with van der Waals surface area (Å²) in [6.45, 7) is 2.65. The van der Waals surface area contributed by atoms with E-state index >= 15 is 0 Å². The Kier molecular flexibility index (Phi) is 3.26. The lowest BCUT2D eigenvalue weighted by Gasteiger charge is -2.14. The van der Waals surface area contributed by atoms with Crippen molar-refractivity contribution in [2.24, 2.45) is 0 Å². The molecular formula is C7H14O4. The molecule has 1 fully saturated rings. The van der Waals surface area contributed by atoms with Crippen LogP contribution in [-0.2, 0) is 9.47 Å². The largest absolute Gasteiger partial charge is 0.394 e. The van der Waals surface area contributed by atoms with Crippen LogP contribution in [0.25, 0.3) is 0 Å². The number of hydrogen-bond acceptors (Lipinski definition) is 4. The van der Waals surface area contributed by atoms with E-state index in [-0.39, 0.29) is 12.7 Å². The monoisotopic (exact) mass is 162 g/mol. The Morgan fingerprint density at radius 3 is 2.82 bits per heavy atom. The Bertz CT molecular complexity index is 117. The van der Waals surface area contributed by atoms with Crippen molar-refractivity contribution in [3.63, 3.8) is 0 Å². The quantitative estimate of drug-likeness (QED) is 0.567. The van der Waals surface area contributed by atoms with Gasteiger partial charge in [0.25, 0.3) is 0 Å². The molecule has 0 spiro atoms. The van der Waals surface area contributed by atoms with Crippen LogP contribution in [0.3, 0.4) is 0 Å². The van der Waals surface area contributed by atoms with Gasteiger partial charge in [0.1, 0.15) is 18.3 Å². The molecule has 0 bridgehead atoms. The first-order valence-electron chi connectivity index (χ1n) is 3.81. The summed E-state index contributed by atoms with van der Waals surface area (Å²) >= 11 is 0. The number of rotatable bonds is 3. The molecule has 0 aromatic rings. The second kappa shape index (κ2) is 4.01. The van der Waals surface area contributed by atoms with Crippen LogP contribution in [0.15, 0.2) is 0 Å². The first kappa shape index (κ1) is 8.93. The van der Waals surface area contributed by atoms with Crippen molar-refractivity contribution in [1.29, 1.82) is 0 Å². The number of aliphatic hydroxyl groups excluding tert-OH is 2. The minimum absolute atomic E-state index is 0.148. The van der Waals surface area contributed by atoms with Crippen LogP contribution >= 0.6 is 0 Å². The molecule has 2 unspecified atom stereocenters. The molecule has 0 amide bonds. The van der Waals surface area contributed by atoms with Crippen molar-refractivity contribution in [2.75, 3.05) is 19.8 Å². The van der Waals surface area contributed by atoms with Crippen molar-refractivity contribution in [1.82, 2.24) is 0 Å². The fourth-order valence-electron chi connectivity index (χ4n) is 1.18. The van der Waals surface area contributed by atoms with E-state index in [2.05, 4.69) is 0 Å². The summed E-state index contributed by atoms with van der Waals surface area (Å²) in [5, 5.41) is 18.1. The van der Waals surface area contributed by atoms with E-state index in [1.165, 1.54) is 0 Å². The second-order valence-electron chi connectivity index (χ2n) is 2.54. The van der Waals surface area contributed by atoms with Gasteiger partial charge in [0.15, 0.2) is 0 Å². The van der Waals surface area contributed by atoms with E-state index in [1.807, 2.05) is 6.92 Å². The Hall–Kier alpha value is -0.160. The summed E-state index contributed by atoms with van der Waals surface area (Å²) in [7, 11) is 0. The molecule has 1 rings (SSSR count). The van der Waals surface area contributed by atoms with E-state index in [9.17, 15) is 5.11 Å². The van der Waals surface area contributed by atoms with Crippen LogP contribution < -0.4 is 0 Å². The van der Waals surface area contributed by atoms with Gasteiger partial charge in [-0.2, -0.15) is 0 Å².